The number of benzene rings is 2. The molecule has 0 radical (unpaired) electrons. The van der Waals surface area contributed by atoms with Crippen molar-refractivity contribution < 1.29 is 19.4 Å². The Morgan fingerprint density at radius 1 is 1.10 bits per heavy atom. The van der Waals surface area contributed by atoms with Gasteiger partial charge < -0.3 is 14.6 Å². The molecule has 0 aromatic heterocycles. The van der Waals surface area contributed by atoms with Crippen LogP contribution in [-0.2, 0) is 11.2 Å². The minimum absolute atomic E-state index is 0.0757. The summed E-state index contributed by atoms with van der Waals surface area (Å²) in [5.74, 6) is 0.224. The van der Waals surface area contributed by atoms with Gasteiger partial charge in [-0.05, 0) is 29.8 Å². The van der Waals surface area contributed by atoms with E-state index >= 15 is 0 Å². The van der Waals surface area contributed by atoms with E-state index in [-0.39, 0.29) is 18.7 Å². The predicted molar refractivity (Wildman–Crippen MR) is 79.4 cm³/mol. The summed E-state index contributed by atoms with van der Waals surface area (Å²) < 4.78 is 10.4. The minimum Gasteiger partial charge on any atom is -0.488 e. The molecule has 0 heterocycles. The smallest absolute Gasteiger partial charge is 0.337 e. The Labute approximate surface area is 123 Å². The molecule has 2 aromatic rings. The van der Waals surface area contributed by atoms with Crippen molar-refractivity contribution in [1.82, 2.24) is 0 Å². The molecule has 1 atom stereocenters. The van der Waals surface area contributed by atoms with E-state index in [0.29, 0.717) is 17.7 Å². The average Bonchev–Trinajstić information content (AvgIpc) is 2.55. The van der Waals surface area contributed by atoms with Crippen molar-refractivity contribution >= 4 is 5.97 Å². The fourth-order valence-corrected chi connectivity index (χ4v) is 2.00. The third kappa shape index (κ3) is 4.33. The number of rotatable bonds is 6. The molecule has 0 aliphatic heterocycles. The average molecular weight is 286 g/mol. The van der Waals surface area contributed by atoms with Gasteiger partial charge >= 0.3 is 5.97 Å². The molecule has 4 nitrogen and oxygen atoms in total. The molecule has 0 amide bonds. The second-order valence-electron chi connectivity index (χ2n) is 4.63. The van der Waals surface area contributed by atoms with Crippen molar-refractivity contribution in [2.45, 2.75) is 12.5 Å². The number of hydrogen-bond donors (Lipinski definition) is 1. The Hall–Kier alpha value is -2.33. The van der Waals surface area contributed by atoms with Gasteiger partial charge in [-0.1, -0.05) is 30.3 Å². The first-order valence-electron chi connectivity index (χ1n) is 6.72. The molecule has 0 saturated carbocycles. The first-order valence-corrected chi connectivity index (χ1v) is 6.72. The van der Waals surface area contributed by atoms with E-state index in [4.69, 9.17) is 4.74 Å². The molecule has 4 heteroatoms. The lowest BCUT2D eigenvalue weighted by atomic mass is 10.1. The number of carbonyl (C=O) groups excluding carboxylic acids is 1. The molecule has 0 spiro atoms. The van der Waals surface area contributed by atoms with Gasteiger partial charge in [0.05, 0.1) is 19.3 Å². The molecule has 0 fully saturated rings. The first-order chi connectivity index (χ1) is 10.2. The van der Waals surface area contributed by atoms with Crippen LogP contribution in [0.4, 0.5) is 0 Å². The Balaban J connectivity index is 2.00. The van der Waals surface area contributed by atoms with E-state index < -0.39 is 0 Å². The third-order valence-corrected chi connectivity index (χ3v) is 3.09. The summed E-state index contributed by atoms with van der Waals surface area (Å²) >= 11 is 0. The van der Waals surface area contributed by atoms with Crippen LogP contribution < -0.4 is 4.74 Å². The van der Waals surface area contributed by atoms with Crippen LogP contribution in [0.25, 0.3) is 0 Å². The molecular formula is C17H18O4. The van der Waals surface area contributed by atoms with Gasteiger partial charge in [-0.3, -0.25) is 0 Å². The third-order valence-electron chi connectivity index (χ3n) is 3.09. The van der Waals surface area contributed by atoms with Crippen molar-refractivity contribution in [3.63, 3.8) is 0 Å². The number of aliphatic hydroxyl groups is 1. The zero-order valence-electron chi connectivity index (χ0n) is 11.9. The Morgan fingerprint density at radius 3 is 2.33 bits per heavy atom. The normalized spacial score (nSPS) is 11.7. The van der Waals surface area contributed by atoms with E-state index in [1.807, 2.05) is 30.3 Å². The van der Waals surface area contributed by atoms with Crippen LogP contribution in [-0.4, -0.2) is 30.9 Å². The Kier molecular flexibility index (Phi) is 5.35. The summed E-state index contributed by atoms with van der Waals surface area (Å²) in [5.41, 5.74) is 1.57. The maximum atomic E-state index is 11.3. The maximum Gasteiger partial charge on any atom is 0.337 e. The van der Waals surface area contributed by atoms with Gasteiger partial charge in [-0.2, -0.15) is 0 Å². The summed E-state index contributed by atoms with van der Waals surface area (Å²) in [6.07, 6.45) is 0.298. The molecule has 21 heavy (non-hydrogen) atoms. The number of esters is 1. The van der Waals surface area contributed by atoms with Gasteiger partial charge in [0.1, 0.15) is 11.9 Å². The number of ether oxygens (including phenoxy) is 2. The van der Waals surface area contributed by atoms with Crippen molar-refractivity contribution in [1.29, 1.82) is 0 Å². The fourth-order valence-electron chi connectivity index (χ4n) is 2.00. The lowest BCUT2D eigenvalue weighted by Crippen LogP contribution is -2.23. The van der Waals surface area contributed by atoms with E-state index in [2.05, 4.69) is 4.74 Å². The Bertz CT molecular complexity index is 563. The molecule has 0 aliphatic carbocycles. The van der Waals surface area contributed by atoms with E-state index in [9.17, 15) is 9.90 Å². The second-order valence-corrected chi connectivity index (χ2v) is 4.63. The molecule has 2 aromatic carbocycles. The van der Waals surface area contributed by atoms with Crippen molar-refractivity contribution in [2.75, 3.05) is 13.7 Å². The molecule has 1 N–H and O–H groups in total. The summed E-state index contributed by atoms with van der Waals surface area (Å²) in [5, 5.41) is 9.43. The summed E-state index contributed by atoms with van der Waals surface area (Å²) in [6.45, 7) is -0.0757. The number of carbonyl (C=O) groups is 1. The monoisotopic (exact) mass is 286 g/mol. The summed E-state index contributed by atoms with van der Waals surface area (Å²) in [6, 6.07) is 16.5. The summed E-state index contributed by atoms with van der Waals surface area (Å²) in [7, 11) is 1.34. The van der Waals surface area contributed by atoms with Crippen LogP contribution >= 0.6 is 0 Å². The highest BCUT2D eigenvalue weighted by Gasteiger charge is 2.11. The molecule has 0 unspecified atom stereocenters. The Morgan fingerprint density at radius 2 is 1.76 bits per heavy atom. The molecule has 0 bridgehead atoms. The van der Waals surface area contributed by atoms with Crippen LogP contribution in [0.15, 0.2) is 54.6 Å². The van der Waals surface area contributed by atoms with Crippen LogP contribution in [0.5, 0.6) is 5.75 Å². The van der Waals surface area contributed by atoms with Gasteiger partial charge in [0.15, 0.2) is 0 Å². The highest BCUT2D eigenvalue weighted by atomic mass is 16.5. The molecule has 0 aliphatic rings. The van der Waals surface area contributed by atoms with Gasteiger partial charge in [-0.25, -0.2) is 4.79 Å². The summed E-state index contributed by atoms with van der Waals surface area (Å²) in [4.78, 5) is 11.3. The lowest BCUT2D eigenvalue weighted by Gasteiger charge is -2.17. The molecule has 110 valence electrons. The zero-order chi connectivity index (χ0) is 15.1. The second kappa shape index (κ2) is 7.45. The van der Waals surface area contributed by atoms with Crippen molar-refractivity contribution in [2.24, 2.45) is 0 Å². The molecule has 2 rings (SSSR count). The largest absolute Gasteiger partial charge is 0.488 e. The van der Waals surface area contributed by atoms with E-state index in [1.165, 1.54) is 7.11 Å². The standard InChI is InChI=1S/C17H18O4/c1-20-17(19)14-7-9-15(10-8-14)21-16(12-18)11-13-5-3-2-4-6-13/h2-10,16,18H,11-12H2,1H3/t16-/m0/s1. The van der Waals surface area contributed by atoms with E-state index in [0.717, 1.165) is 5.56 Å². The van der Waals surface area contributed by atoms with Gasteiger partial charge in [0, 0.05) is 6.42 Å². The quantitative estimate of drug-likeness (QED) is 0.829. The molecule has 0 saturated heterocycles. The zero-order valence-corrected chi connectivity index (χ0v) is 11.9. The van der Waals surface area contributed by atoms with Gasteiger partial charge in [0.2, 0.25) is 0 Å². The highest BCUT2D eigenvalue weighted by molar-refractivity contribution is 5.89. The van der Waals surface area contributed by atoms with Crippen molar-refractivity contribution in [3.05, 3.63) is 65.7 Å². The lowest BCUT2D eigenvalue weighted by molar-refractivity contribution is 0.0600. The fraction of sp³-hybridized carbons (Fsp3) is 0.235. The molecular weight excluding hydrogens is 268 g/mol. The van der Waals surface area contributed by atoms with Crippen LogP contribution in [0.2, 0.25) is 0 Å². The highest BCUT2D eigenvalue weighted by Crippen LogP contribution is 2.16. The predicted octanol–water partition coefficient (Wildman–Crippen LogP) is 2.46. The van der Waals surface area contributed by atoms with Gasteiger partial charge in [0.25, 0.3) is 0 Å². The number of aliphatic hydroxyl groups excluding tert-OH is 1. The van der Waals surface area contributed by atoms with Crippen LogP contribution in [0, 0.1) is 0 Å². The van der Waals surface area contributed by atoms with Gasteiger partial charge in [-0.15, -0.1) is 0 Å². The van der Waals surface area contributed by atoms with E-state index in [1.54, 1.807) is 24.3 Å². The SMILES string of the molecule is COC(=O)c1ccc(O[C@H](CO)Cc2ccccc2)cc1. The van der Waals surface area contributed by atoms with Crippen LogP contribution in [0.3, 0.4) is 0 Å². The van der Waals surface area contributed by atoms with Crippen LogP contribution in [0.1, 0.15) is 15.9 Å². The maximum absolute atomic E-state index is 11.3. The first kappa shape index (κ1) is 15.1. The number of methoxy groups -OCH3 is 1. The minimum atomic E-state index is -0.385. The van der Waals surface area contributed by atoms with Crippen molar-refractivity contribution in [3.8, 4) is 5.75 Å². The topological polar surface area (TPSA) is 55.8 Å². The number of hydrogen-bond acceptors (Lipinski definition) is 4.